The first-order chi connectivity index (χ1) is 12.4. The SMILES string of the molecule is Cc1nc2c(C(=O)N3CCCC4(CC3)CN(C)C(=O)O4)ccnc2n1C. The summed E-state index contributed by atoms with van der Waals surface area (Å²) in [5, 5.41) is 0. The molecular formula is C18H23N5O3. The fraction of sp³-hybridized carbons (Fsp3) is 0.556. The number of carbonyl (C=O) groups excluding carboxylic acids is 2. The van der Waals surface area contributed by atoms with E-state index in [1.807, 2.05) is 23.4 Å². The van der Waals surface area contributed by atoms with Crippen LogP contribution >= 0.6 is 0 Å². The van der Waals surface area contributed by atoms with Gasteiger partial charge in [0.25, 0.3) is 5.91 Å². The molecule has 2 fully saturated rings. The molecule has 2 amide bonds. The predicted molar refractivity (Wildman–Crippen MR) is 94.8 cm³/mol. The number of nitrogens with zero attached hydrogens (tertiary/aromatic N) is 5. The minimum Gasteiger partial charge on any atom is -0.441 e. The molecule has 8 nitrogen and oxygen atoms in total. The van der Waals surface area contributed by atoms with Crippen LogP contribution in [-0.2, 0) is 11.8 Å². The van der Waals surface area contributed by atoms with E-state index in [9.17, 15) is 9.59 Å². The number of amides is 2. The monoisotopic (exact) mass is 357 g/mol. The standard InChI is InChI=1S/C18H23N5O3/c1-12-20-14-13(5-8-19-15(14)22(12)3)16(24)23-9-4-6-18(7-10-23)11-21(2)17(25)26-18/h5,8H,4,6-7,9-11H2,1-3H3. The Kier molecular flexibility index (Phi) is 3.86. The van der Waals surface area contributed by atoms with Crippen molar-refractivity contribution in [2.45, 2.75) is 31.8 Å². The highest BCUT2D eigenvalue weighted by molar-refractivity contribution is 6.04. The molecule has 1 unspecified atom stereocenters. The number of hydrogen-bond donors (Lipinski definition) is 0. The lowest BCUT2D eigenvalue weighted by Crippen LogP contribution is -2.37. The van der Waals surface area contributed by atoms with Crippen molar-refractivity contribution in [3.63, 3.8) is 0 Å². The third-order valence-electron chi connectivity index (χ3n) is 5.54. The molecule has 0 N–H and O–H groups in total. The number of aryl methyl sites for hydroxylation is 2. The maximum absolute atomic E-state index is 13.1. The third-order valence-corrected chi connectivity index (χ3v) is 5.54. The molecular weight excluding hydrogens is 334 g/mol. The summed E-state index contributed by atoms with van der Waals surface area (Å²) < 4.78 is 7.51. The fourth-order valence-electron chi connectivity index (χ4n) is 3.95. The summed E-state index contributed by atoms with van der Waals surface area (Å²) in [6, 6.07) is 1.74. The molecule has 0 aromatic carbocycles. The summed E-state index contributed by atoms with van der Waals surface area (Å²) in [5.41, 5.74) is 1.47. The molecule has 1 spiro atoms. The highest BCUT2D eigenvalue weighted by Gasteiger charge is 2.44. The van der Waals surface area contributed by atoms with Crippen LogP contribution in [0.15, 0.2) is 12.3 Å². The Hall–Kier alpha value is -2.64. The van der Waals surface area contributed by atoms with Crippen LogP contribution in [0, 0.1) is 6.92 Å². The lowest BCUT2D eigenvalue weighted by atomic mass is 9.95. The van der Waals surface area contributed by atoms with Crippen molar-refractivity contribution in [2.75, 3.05) is 26.7 Å². The van der Waals surface area contributed by atoms with Crippen molar-refractivity contribution in [1.82, 2.24) is 24.3 Å². The van der Waals surface area contributed by atoms with Crippen LogP contribution in [0.1, 0.15) is 35.4 Å². The number of imidazole rings is 1. The first kappa shape index (κ1) is 16.8. The van der Waals surface area contributed by atoms with Gasteiger partial charge in [0, 0.05) is 39.8 Å². The highest BCUT2D eigenvalue weighted by Crippen LogP contribution is 2.33. The second kappa shape index (κ2) is 5.96. The first-order valence-corrected chi connectivity index (χ1v) is 8.92. The number of aromatic nitrogens is 3. The molecule has 8 heteroatoms. The molecule has 138 valence electrons. The van der Waals surface area contributed by atoms with Gasteiger partial charge in [0.05, 0.1) is 12.1 Å². The van der Waals surface area contributed by atoms with E-state index in [0.717, 1.165) is 18.7 Å². The van der Waals surface area contributed by atoms with Gasteiger partial charge in [-0.15, -0.1) is 0 Å². The number of likely N-dealkylation sites (tertiary alicyclic amines) is 1. The summed E-state index contributed by atoms with van der Waals surface area (Å²) in [6.45, 7) is 3.70. The van der Waals surface area contributed by atoms with Crippen LogP contribution in [0.4, 0.5) is 4.79 Å². The quantitative estimate of drug-likeness (QED) is 0.776. The van der Waals surface area contributed by atoms with Gasteiger partial charge < -0.3 is 19.1 Å². The van der Waals surface area contributed by atoms with Gasteiger partial charge in [-0.3, -0.25) is 4.79 Å². The molecule has 2 aromatic heterocycles. The van der Waals surface area contributed by atoms with E-state index < -0.39 is 5.60 Å². The van der Waals surface area contributed by atoms with E-state index in [4.69, 9.17) is 4.74 Å². The zero-order valence-corrected chi connectivity index (χ0v) is 15.4. The van der Waals surface area contributed by atoms with Crippen LogP contribution in [0.2, 0.25) is 0 Å². The Morgan fingerprint density at radius 1 is 1.27 bits per heavy atom. The average molecular weight is 357 g/mol. The summed E-state index contributed by atoms with van der Waals surface area (Å²) in [7, 11) is 3.65. The second-order valence-electron chi connectivity index (χ2n) is 7.30. The molecule has 0 aliphatic carbocycles. The minimum absolute atomic E-state index is 0.0368. The van der Waals surface area contributed by atoms with Gasteiger partial charge in [-0.25, -0.2) is 14.8 Å². The smallest absolute Gasteiger partial charge is 0.410 e. The molecule has 2 aliphatic heterocycles. The van der Waals surface area contributed by atoms with Gasteiger partial charge >= 0.3 is 6.09 Å². The van der Waals surface area contributed by atoms with Crippen molar-refractivity contribution in [3.8, 4) is 0 Å². The molecule has 0 radical (unpaired) electrons. The van der Waals surface area contributed by atoms with Crippen LogP contribution in [-0.4, -0.2) is 68.6 Å². The average Bonchev–Trinajstić information content (AvgIpc) is 2.96. The van der Waals surface area contributed by atoms with Crippen LogP contribution in [0.3, 0.4) is 0 Å². The lowest BCUT2D eigenvalue weighted by Gasteiger charge is -2.25. The number of fused-ring (bicyclic) bond motifs is 1. The maximum atomic E-state index is 13.1. The van der Waals surface area contributed by atoms with E-state index >= 15 is 0 Å². The second-order valence-corrected chi connectivity index (χ2v) is 7.30. The van der Waals surface area contributed by atoms with Crippen molar-refractivity contribution in [2.24, 2.45) is 7.05 Å². The van der Waals surface area contributed by atoms with Crippen LogP contribution < -0.4 is 0 Å². The largest absolute Gasteiger partial charge is 0.441 e. The van der Waals surface area contributed by atoms with E-state index in [0.29, 0.717) is 42.8 Å². The van der Waals surface area contributed by atoms with E-state index in [1.54, 1.807) is 24.2 Å². The molecule has 0 bridgehead atoms. The first-order valence-electron chi connectivity index (χ1n) is 8.92. The summed E-state index contributed by atoms with van der Waals surface area (Å²) >= 11 is 0. The minimum atomic E-state index is -0.462. The van der Waals surface area contributed by atoms with Crippen LogP contribution in [0.5, 0.6) is 0 Å². The van der Waals surface area contributed by atoms with Crippen molar-refractivity contribution >= 4 is 23.2 Å². The van der Waals surface area contributed by atoms with Gasteiger partial charge in [0.2, 0.25) is 0 Å². The third kappa shape index (κ3) is 2.60. The Morgan fingerprint density at radius 3 is 2.81 bits per heavy atom. The zero-order valence-electron chi connectivity index (χ0n) is 15.4. The van der Waals surface area contributed by atoms with E-state index in [2.05, 4.69) is 9.97 Å². The van der Waals surface area contributed by atoms with Crippen molar-refractivity contribution in [3.05, 3.63) is 23.7 Å². The molecule has 4 rings (SSSR count). The van der Waals surface area contributed by atoms with Gasteiger partial charge in [0.15, 0.2) is 5.65 Å². The topological polar surface area (TPSA) is 80.6 Å². The zero-order chi connectivity index (χ0) is 18.5. The summed E-state index contributed by atoms with van der Waals surface area (Å²) in [5.74, 6) is 0.786. The number of carbonyl (C=O) groups is 2. The van der Waals surface area contributed by atoms with Gasteiger partial charge in [-0.2, -0.15) is 0 Å². The Morgan fingerprint density at radius 2 is 2.08 bits per heavy atom. The molecule has 2 aromatic rings. The Labute approximate surface area is 151 Å². The summed E-state index contributed by atoms with van der Waals surface area (Å²) in [6.07, 6.45) is 3.63. The summed E-state index contributed by atoms with van der Waals surface area (Å²) in [4.78, 5) is 37.3. The van der Waals surface area contributed by atoms with Gasteiger partial charge in [0.1, 0.15) is 16.9 Å². The van der Waals surface area contributed by atoms with Gasteiger partial charge in [-0.1, -0.05) is 0 Å². The fourth-order valence-corrected chi connectivity index (χ4v) is 3.95. The molecule has 0 saturated carbocycles. The number of likely N-dealkylation sites (N-methyl/N-ethyl adjacent to an activating group) is 1. The van der Waals surface area contributed by atoms with E-state index in [1.165, 1.54) is 0 Å². The predicted octanol–water partition coefficient (Wildman–Crippen LogP) is 1.72. The highest BCUT2D eigenvalue weighted by atomic mass is 16.6. The molecule has 4 heterocycles. The molecule has 2 saturated heterocycles. The number of pyridine rings is 1. The molecule has 1 atom stereocenters. The van der Waals surface area contributed by atoms with Crippen LogP contribution in [0.25, 0.3) is 11.2 Å². The molecule has 2 aliphatic rings. The number of rotatable bonds is 1. The Balaban J connectivity index is 1.58. The molecule has 26 heavy (non-hydrogen) atoms. The Bertz CT molecular complexity index is 892. The van der Waals surface area contributed by atoms with Gasteiger partial charge in [-0.05, 0) is 25.8 Å². The number of hydrogen-bond acceptors (Lipinski definition) is 5. The van der Waals surface area contributed by atoms with Crippen molar-refractivity contribution in [1.29, 1.82) is 0 Å². The van der Waals surface area contributed by atoms with E-state index in [-0.39, 0.29) is 12.0 Å². The number of ether oxygens (including phenoxy) is 1. The van der Waals surface area contributed by atoms with Crippen molar-refractivity contribution < 1.29 is 14.3 Å². The maximum Gasteiger partial charge on any atom is 0.410 e. The lowest BCUT2D eigenvalue weighted by molar-refractivity contribution is 0.0439. The normalized spacial score (nSPS) is 23.6.